The van der Waals surface area contributed by atoms with E-state index >= 15 is 0 Å². The molecule has 0 aromatic carbocycles. The van der Waals surface area contributed by atoms with Crippen molar-refractivity contribution in [2.75, 3.05) is 0 Å². The van der Waals surface area contributed by atoms with Crippen molar-refractivity contribution in [1.29, 1.82) is 0 Å². The zero-order valence-electron chi connectivity index (χ0n) is 13.8. The van der Waals surface area contributed by atoms with Crippen LogP contribution in [0.25, 0.3) is 10.2 Å². The molecule has 0 saturated carbocycles. The van der Waals surface area contributed by atoms with Crippen LogP contribution in [0.2, 0.25) is 0 Å². The Hall–Kier alpha value is -1.25. The van der Waals surface area contributed by atoms with Crippen LogP contribution in [0.1, 0.15) is 48.9 Å². The topological polar surface area (TPSA) is 60.7 Å². The van der Waals surface area contributed by atoms with E-state index in [1.807, 2.05) is 0 Å². The normalized spacial score (nSPS) is 14.5. The molecule has 126 valence electrons. The molecule has 0 bridgehead atoms. The zero-order valence-corrected chi connectivity index (χ0v) is 16.3. The number of aromatic nitrogens is 4. The highest BCUT2D eigenvalue weighted by atomic mass is 32.2. The maximum atomic E-state index is 12.9. The molecule has 0 unspecified atom stereocenters. The number of hydrogen-bond acceptors (Lipinski definition) is 7. The van der Waals surface area contributed by atoms with E-state index in [1.54, 1.807) is 23.0 Å². The van der Waals surface area contributed by atoms with Crippen LogP contribution in [-0.4, -0.2) is 18.9 Å². The van der Waals surface area contributed by atoms with Gasteiger partial charge < -0.3 is 0 Å². The first-order chi connectivity index (χ1) is 11.5. The van der Waals surface area contributed by atoms with Gasteiger partial charge in [-0.15, -0.1) is 11.3 Å². The number of fused-ring (bicyclic) bond motifs is 3. The maximum absolute atomic E-state index is 12.9. The van der Waals surface area contributed by atoms with E-state index in [-0.39, 0.29) is 5.56 Å². The summed E-state index contributed by atoms with van der Waals surface area (Å²) in [5.74, 6) is 1.15. The van der Waals surface area contributed by atoms with Gasteiger partial charge in [0.25, 0.3) is 5.56 Å². The molecule has 0 saturated heterocycles. The Labute approximate surface area is 152 Å². The predicted octanol–water partition coefficient (Wildman–Crippen LogP) is 4.00. The van der Waals surface area contributed by atoms with E-state index in [9.17, 15) is 4.79 Å². The quantitative estimate of drug-likeness (QED) is 0.645. The predicted molar refractivity (Wildman–Crippen MR) is 99.6 cm³/mol. The lowest BCUT2D eigenvalue weighted by Crippen LogP contribution is -2.20. The second kappa shape index (κ2) is 6.24. The van der Waals surface area contributed by atoms with Gasteiger partial charge in [-0.25, -0.2) is 9.97 Å². The van der Waals surface area contributed by atoms with Gasteiger partial charge in [0.05, 0.1) is 5.39 Å². The Balaban J connectivity index is 1.78. The molecule has 0 amide bonds. The fourth-order valence-electron chi connectivity index (χ4n) is 2.93. The lowest BCUT2D eigenvalue weighted by Gasteiger charge is -2.10. The molecular weight excluding hydrogens is 360 g/mol. The number of aryl methyl sites for hydroxylation is 2. The second-order valence-corrected chi connectivity index (χ2v) is 9.37. The van der Waals surface area contributed by atoms with Gasteiger partial charge in [-0.2, -0.15) is 4.37 Å². The van der Waals surface area contributed by atoms with Crippen LogP contribution in [0, 0.1) is 0 Å². The van der Waals surface area contributed by atoms with Gasteiger partial charge in [-0.3, -0.25) is 9.36 Å². The smallest absolute Gasteiger partial charge is 0.262 e. The molecule has 5 nitrogen and oxygen atoms in total. The molecule has 4 rings (SSSR count). The van der Waals surface area contributed by atoms with E-state index in [2.05, 4.69) is 23.2 Å². The van der Waals surface area contributed by atoms with Gasteiger partial charge in [0.2, 0.25) is 0 Å². The van der Waals surface area contributed by atoms with Crippen LogP contribution >= 0.6 is 34.6 Å². The van der Waals surface area contributed by atoms with Crippen molar-refractivity contribution < 1.29 is 0 Å². The highest BCUT2D eigenvalue weighted by Crippen LogP contribution is 2.35. The lowest BCUT2D eigenvalue weighted by molar-refractivity contribution is 0.695. The molecule has 1 aliphatic rings. The van der Waals surface area contributed by atoms with E-state index in [4.69, 9.17) is 4.98 Å². The molecule has 3 aromatic rings. The largest absolute Gasteiger partial charge is 0.290 e. The molecule has 0 aliphatic heterocycles. The van der Waals surface area contributed by atoms with Crippen molar-refractivity contribution in [3.05, 3.63) is 26.6 Å². The van der Waals surface area contributed by atoms with Crippen LogP contribution in [0.15, 0.2) is 14.3 Å². The summed E-state index contributed by atoms with van der Waals surface area (Å²) in [6.45, 7) is 4.15. The third-order valence-corrected chi connectivity index (χ3v) is 7.27. The SMILES string of the molecule is CC(C)c1nsc(Sc2nc3sc4c(c3c(=O)n2C)CCCC4)n1. The molecule has 0 N–H and O–H groups in total. The molecule has 0 spiro atoms. The molecule has 3 aromatic heterocycles. The molecular formula is C16H18N4OS3. The van der Waals surface area contributed by atoms with Gasteiger partial charge in [0.1, 0.15) is 10.7 Å². The highest BCUT2D eigenvalue weighted by Gasteiger charge is 2.22. The van der Waals surface area contributed by atoms with Crippen LogP contribution in [-0.2, 0) is 19.9 Å². The molecule has 0 fully saturated rings. The number of rotatable bonds is 3. The third kappa shape index (κ3) is 2.70. The molecule has 24 heavy (non-hydrogen) atoms. The van der Waals surface area contributed by atoms with E-state index in [1.165, 1.54) is 46.6 Å². The highest BCUT2D eigenvalue weighted by molar-refractivity contribution is 8.00. The van der Waals surface area contributed by atoms with E-state index in [0.717, 1.165) is 33.2 Å². The van der Waals surface area contributed by atoms with E-state index < -0.39 is 0 Å². The third-order valence-electron chi connectivity index (χ3n) is 4.27. The Morgan fingerprint density at radius 3 is 2.75 bits per heavy atom. The first kappa shape index (κ1) is 16.2. The van der Waals surface area contributed by atoms with Crippen molar-refractivity contribution in [3.63, 3.8) is 0 Å². The summed E-state index contributed by atoms with van der Waals surface area (Å²) in [5.41, 5.74) is 1.31. The van der Waals surface area contributed by atoms with Crippen LogP contribution in [0.5, 0.6) is 0 Å². The first-order valence-corrected chi connectivity index (χ1v) is 10.5. The Morgan fingerprint density at radius 2 is 2.00 bits per heavy atom. The molecule has 8 heteroatoms. The molecule has 1 aliphatic carbocycles. The van der Waals surface area contributed by atoms with Crippen LogP contribution in [0.4, 0.5) is 0 Å². The number of nitrogens with zero attached hydrogens (tertiary/aromatic N) is 4. The Kier molecular flexibility index (Phi) is 4.22. The van der Waals surface area contributed by atoms with Crippen molar-refractivity contribution in [2.24, 2.45) is 7.05 Å². The summed E-state index contributed by atoms with van der Waals surface area (Å²) >= 11 is 4.49. The lowest BCUT2D eigenvalue weighted by atomic mass is 9.97. The standard InChI is InChI=1S/C16H18N4OS3/c1-8(2)12-17-16(24-19-12)23-15-18-13-11(14(21)20(15)3)9-6-4-5-7-10(9)22-13/h8H,4-7H2,1-3H3. The van der Waals surface area contributed by atoms with Gasteiger partial charge in [-0.1, -0.05) is 13.8 Å². The summed E-state index contributed by atoms with van der Waals surface area (Å²) < 4.78 is 6.87. The zero-order chi connectivity index (χ0) is 16.8. The van der Waals surface area contributed by atoms with Crippen LogP contribution in [0.3, 0.4) is 0 Å². The fraction of sp³-hybridized carbons (Fsp3) is 0.500. The van der Waals surface area contributed by atoms with E-state index in [0.29, 0.717) is 11.1 Å². The summed E-state index contributed by atoms with van der Waals surface area (Å²) in [6, 6.07) is 0. The first-order valence-electron chi connectivity index (χ1n) is 8.07. The monoisotopic (exact) mass is 378 g/mol. The number of thiophene rings is 1. The van der Waals surface area contributed by atoms with Crippen molar-refractivity contribution in [1.82, 2.24) is 18.9 Å². The summed E-state index contributed by atoms with van der Waals surface area (Å²) in [7, 11) is 1.80. The average Bonchev–Trinajstić information content (AvgIpc) is 3.16. The summed E-state index contributed by atoms with van der Waals surface area (Å²) in [6.07, 6.45) is 4.47. The van der Waals surface area contributed by atoms with Crippen molar-refractivity contribution in [3.8, 4) is 0 Å². The Morgan fingerprint density at radius 1 is 1.21 bits per heavy atom. The van der Waals surface area contributed by atoms with Crippen molar-refractivity contribution in [2.45, 2.75) is 54.9 Å². The molecule has 0 radical (unpaired) electrons. The van der Waals surface area contributed by atoms with Gasteiger partial charge in [-0.05, 0) is 54.5 Å². The molecule has 0 atom stereocenters. The fourth-order valence-corrected chi connectivity index (χ4v) is 5.94. The maximum Gasteiger partial charge on any atom is 0.262 e. The Bertz CT molecular complexity index is 970. The minimum absolute atomic E-state index is 0.0653. The van der Waals surface area contributed by atoms with Crippen molar-refractivity contribution >= 4 is 44.8 Å². The minimum Gasteiger partial charge on any atom is -0.290 e. The molecule has 3 heterocycles. The van der Waals surface area contributed by atoms with Gasteiger partial charge in [0.15, 0.2) is 9.50 Å². The average molecular weight is 379 g/mol. The number of hydrogen-bond donors (Lipinski definition) is 0. The summed E-state index contributed by atoms with van der Waals surface area (Å²) in [5, 5.41) is 1.53. The van der Waals surface area contributed by atoms with Gasteiger partial charge in [0, 0.05) is 17.8 Å². The van der Waals surface area contributed by atoms with Crippen LogP contribution < -0.4 is 5.56 Å². The second-order valence-electron chi connectivity index (χ2n) is 6.32. The summed E-state index contributed by atoms with van der Waals surface area (Å²) in [4.78, 5) is 24.4. The van der Waals surface area contributed by atoms with Gasteiger partial charge >= 0.3 is 0 Å². The minimum atomic E-state index is 0.0653.